The molecule has 0 saturated carbocycles. The van der Waals surface area contributed by atoms with Crippen LogP contribution in [0.5, 0.6) is 0 Å². The van der Waals surface area contributed by atoms with Crippen molar-refractivity contribution in [2.24, 2.45) is 4.99 Å². The summed E-state index contributed by atoms with van der Waals surface area (Å²) in [7, 11) is 1.77. The van der Waals surface area contributed by atoms with Crippen LogP contribution in [0.4, 0.5) is 0 Å². The molecule has 1 atom stereocenters. The summed E-state index contributed by atoms with van der Waals surface area (Å²) in [5.41, 5.74) is 1.67. The maximum absolute atomic E-state index is 12.5. The molecule has 2 amide bonds. The van der Waals surface area contributed by atoms with E-state index in [-0.39, 0.29) is 18.4 Å². The van der Waals surface area contributed by atoms with Gasteiger partial charge in [-0.1, -0.05) is 44.7 Å². The van der Waals surface area contributed by atoms with Crippen LogP contribution in [0.3, 0.4) is 0 Å². The number of amides is 2. The van der Waals surface area contributed by atoms with Crippen molar-refractivity contribution in [3.05, 3.63) is 35.4 Å². The van der Waals surface area contributed by atoms with Crippen LogP contribution >= 0.6 is 0 Å². The molecule has 7 nitrogen and oxygen atoms in total. The third-order valence-electron chi connectivity index (χ3n) is 5.08. The van der Waals surface area contributed by atoms with E-state index < -0.39 is 0 Å². The monoisotopic (exact) mass is 401 g/mol. The lowest BCUT2D eigenvalue weighted by atomic mass is 10.1. The zero-order valence-electron chi connectivity index (χ0n) is 18.0. The molecule has 0 aliphatic carbocycles. The highest BCUT2D eigenvalue weighted by atomic mass is 16.2. The van der Waals surface area contributed by atoms with Gasteiger partial charge in [0, 0.05) is 38.3 Å². The predicted octanol–water partition coefficient (Wildman–Crippen LogP) is 2.28. The summed E-state index contributed by atoms with van der Waals surface area (Å²) in [5, 5.41) is 9.49. The summed E-state index contributed by atoms with van der Waals surface area (Å²) in [6.07, 6.45) is 6.19. The van der Waals surface area contributed by atoms with E-state index in [1.165, 1.54) is 25.7 Å². The third-order valence-corrected chi connectivity index (χ3v) is 5.08. The molecule has 1 aromatic carbocycles. The molecule has 7 heteroatoms. The van der Waals surface area contributed by atoms with Crippen LogP contribution in [0.2, 0.25) is 0 Å². The number of carbonyl (C=O) groups excluding carboxylic acids is 2. The molecule has 29 heavy (non-hydrogen) atoms. The van der Waals surface area contributed by atoms with Gasteiger partial charge in [-0.2, -0.15) is 0 Å². The van der Waals surface area contributed by atoms with Crippen molar-refractivity contribution in [3.8, 4) is 0 Å². The van der Waals surface area contributed by atoms with E-state index in [4.69, 9.17) is 0 Å². The van der Waals surface area contributed by atoms with E-state index in [2.05, 4.69) is 34.8 Å². The molecule has 160 valence electrons. The molecule has 1 heterocycles. The fourth-order valence-corrected chi connectivity index (χ4v) is 3.32. The Hall–Kier alpha value is -2.57. The van der Waals surface area contributed by atoms with Crippen molar-refractivity contribution in [3.63, 3.8) is 0 Å². The van der Waals surface area contributed by atoms with Gasteiger partial charge in [-0.15, -0.1) is 0 Å². The minimum absolute atomic E-state index is 0.103. The Bertz CT molecular complexity index is 687. The fraction of sp³-hybridized carbons (Fsp3) is 0.591. The molecule has 1 aromatic rings. The van der Waals surface area contributed by atoms with Crippen molar-refractivity contribution in [2.75, 3.05) is 26.7 Å². The molecule has 0 bridgehead atoms. The maximum atomic E-state index is 12.5. The summed E-state index contributed by atoms with van der Waals surface area (Å²) in [4.78, 5) is 29.9. The number of hydrogen-bond acceptors (Lipinski definition) is 3. The van der Waals surface area contributed by atoms with E-state index in [9.17, 15) is 9.59 Å². The Labute approximate surface area is 174 Å². The van der Waals surface area contributed by atoms with E-state index >= 15 is 0 Å². The number of nitrogens with one attached hydrogen (secondary N) is 3. The minimum Gasteiger partial charge on any atom is -0.354 e. The molecule has 3 N–H and O–H groups in total. The normalized spacial score (nSPS) is 15.6. The van der Waals surface area contributed by atoms with Gasteiger partial charge in [0.1, 0.15) is 0 Å². The zero-order valence-corrected chi connectivity index (χ0v) is 18.0. The molecule has 1 aliphatic heterocycles. The third kappa shape index (κ3) is 7.75. The zero-order chi connectivity index (χ0) is 21.1. The van der Waals surface area contributed by atoms with Crippen LogP contribution < -0.4 is 16.0 Å². The number of carbonyl (C=O) groups is 2. The van der Waals surface area contributed by atoms with Crippen molar-refractivity contribution in [1.82, 2.24) is 20.9 Å². The maximum Gasteiger partial charge on any atom is 0.254 e. The number of hydrogen-bond donors (Lipinski definition) is 3. The number of rotatable bonds is 9. The minimum atomic E-state index is -0.108. The predicted molar refractivity (Wildman–Crippen MR) is 117 cm³/mol. The number of guanidine groups is 1. The number of nitrogens with zero attached hydrogens (tertiary/aromatic N) is 2. The SMILES string of the molecule is CCCCCCC(C)NC(=NC)NCc1ccc(C(=O)N2CCNC(=O)C2)cc1. The second-order valence-corrected chi connectivity index (χ2v) is 7.59. The van der Waals surface area contributed by atoms with Crippen LogP contribution in [-0.4, -0.2) is 55.4 Å². The first-order valence-corrected chi connectivity index (χ1v) is 10.7. The summed E-state index contributed by atoms with van der Waals surface area (Å²) in [5.74, 6) is 0.574. The van der Waals surface area contributed by atoms with E-state index in [1.807, 2.05) is 24.3 Å². The van der Waals surface area contributed by atoms with Crippen molar-refractivity contribution in [2.45, 2.75) is 58.5 Å². The largest absolute Gasteiger partial charge is 0.354 e. The number of piperazine rings is 1. The van der Waals surface area contributed by atoms with E-state index in [0.717, 1.165) is 17.9 Å². The number of aliphatic imine (C=N–C) groups is 1. The second kappa shape index (κ2) is 12.1. The molecule has 1 aliphatic rings. The summed E-state index contributed by atoms with van der Waals surface area (Å²) in [6.45, 7) is 6.22. The van der Waals surface area contributed by atoms with Crippen LogP contribution in [0.1, 0.15) is 61.9 Å². The van der Waals surface area contributed by atoms with Gasteiger partial charge in [-0.25, -0.2) is 0 Å². The van der Waals surface area contributed by atoms with E-state index in [0.29, 0.717) is 31.2 Å². The number of unbranched alkanes of at least 4 members (excludes halogenated alkanes) is 3. The van der Waals surface area contributed by atoms with Gasteiger partial charge in [0.05, 0.1) is 6.54 Å². The molecule has 2 rings (SSSR count). The Balaban J connectivity index is 1.79. The quantitative estimate of drug-likeness (QED) is 0.337. The molecule has 1 fully saturated rings. The molecular weight excluding hydrogens is 366 g/mol. The Morgan fingerprint density at radius 2 is 2.00 bits per heavy atom. The molecule has 1 unspecified atom stereocenters. The molecule has 0 radical (unpaired) electrons. The highest BCUT2D eigenvalue weighted by Crippen LogP contribution is 2.09. The fourth-order valence-electron chi connectivity index (χ4n) is 3.32. The van der Waals surface area contributed by atoms with Crippen LogP contribution in [0.25, 0.3) is 0 Å². The standard InChI is InChI=1S/C22H35N5O2/c1-4-5-6-7-8-17(2)26-22(23-3)25-15-18-9-11-19(12-10-18)21(29)27-14-13-24-20(28)16-27/h9-12,17H,4-8,13-16H2,1-3H3,(H,24,28)(H2,23,25,26). The first kappa shape index (κ1) is 22.7. The van der Waals surface area contributed by atoms with Gasteiger partial charge in [0.2, 0.25) is 5.91 Å². The first-order chi connectivity index (χ1) is 14.0. The lowest BCUT2D eigenvalue weighted by Crippen LogP contribution is -2.49. The van der Waals surface area contributed by atoms with E-state index in [1.54, 1.807) is 11.9 Å². The second-order valence-electron chi connectivity index (χ2n) is 7.59. The van der Waals surface area contributed by atoms with Crippen molar-refractivity contribution >= 4 is 17.8 Å². The number of benzene rings is 1. The van der Waals surface area contributed by atoms with Crippen LogP contribution in [0.15, 0.2) is 29.3 Å². The topological polar surface area (TPSA) is 85.8 Å². The lowest BCUT2D eigenvalue weighted by molar-refractivity contribution is -0.123. The molecule has 0 aromatic heterocycles. The average molecular weight is 402 g/mol. The van der Waals surface area contributed by atoms with Crippen LogP contribution in [-0.2, 0) is 11.3 Å². The van der Waals surface area contributed by atoms with Crippen molar-refractivity contribution < 1.29 is 9.59 Å². The highest BCUT2D eigenvalue weighted by molar-refractivity contribution is 5.97. The highest BCUT2D eigenvalue weighted by Gasteiger charge is 2.22. The molecule has 0 spiro atoms. The van der Waals surface area contributed by atoms with Gasteiger partial charge in [0.15, 0.2) is 5.96 Å². The smallest absolute Gasteiger partial charge is 0.254 e. The van der Waals surface area contributed by atoms with Gasteiger partial charge in [-0.3, -0.25) is 14.6 Å². The first-order valence-electron chi connectivity index (χ1n) is 10.7. The van der Waals surface area contributed by atoms with Crippen LogP contribution in [0, 0.1) is 0 Å². The van der Waals surface area contributed by atoms with Crippen molar-refractivity contribution in [1.29, 1.82) is 0 Å². The average Bonchev–Trinajstić information content (AvgIpc) is 2.74. The Morgan fingerprint density at radius 1 is 1.24 bits per heavy atom. The summed E-state index contributed by atoms with van der Waals surface area (Å²) in [6, 6.07) is 7.88. The summed E-state index contributed by atoms with van der Waals surface area (Å²) >= 11 is 0. The molecule has 1 saturated heterocycles. The van der Waals surface area contributed by atoms with Gasteiger partial charge >= 0.3 is 0 Å². The lowest BCUT2D eigenvalue weighted by Gasteiger charge is -2.26. The van der Waals surface area contributed by atoms with Gasteiger partial charge in [0.25, 0.3) is 5.91 Å². The summed E-state index contributed by atoms with van der Waals surface area (Å²) < 4.78 is 0. The van der Waals surface area contributed by atoms with Gasteiger partial charge in [-0.05, 0) is 31.0 Å². The molecular formula is C22H35N5O2. The van der Waals surface area contributed by atoms with Gasteiger partial charge < -0.3 is 20.9 Å². The Morgan fingerprint density at radius 3 is 2.66 bits per heavy atom. The Kier molecular flexibility index (Phi) is 9.47.